The molecule has 2 heterocycles. The zero-order valence-electron chi connectivity index (χ0n) is 17.4. The number of carbonyl (C=O) groups excluding carboxylic acids is 3. The fourth-order valence-corrected chi connectivity index (χ4v) is 4.84. The highest BCUT2D eigenvalue weighted by molar-refractivity contribution is 6.32. The predicted molar refractivity (Wildman–Crippen MR) is 118 cm³/mol. The highest BCUT2D eigenvalue weighted by Gasteiger charge is 2.58. The molecule has 2 aromatic carbocycles. The highest BCUT2D eigenvalue weighted by Crippen LogP contribution is 2.60. The van der Waals surface area contributed by atoms with Crippen molar-refractivity contribution in [2.75, 3.05) is 0 Å². The maximum atomic E-state index is 13.0. The number of halogens is 2. The van der Waals surface area contributed by atoms with Crippen LogP contribution >= 0.6 is 23.2 Å². The first-order chi connectivity index (χ1) is 15.7. The van der Waals surface area contributed by atoms with Crippen molar-refractivity contribution in [2.24, 2.45) is 5.92 Å². The number of ether oxygens (including phenoxy) is 4. The molecule has 0 saturated carbocycles. The Morgan fingerprint density at radius 2 is 1.52 bits per heavy atom. The minimum absolute atomic E-state index is 0.0917. The molecule has 168 valence electrons. The van der Waals surface area contributed by atoms with Crippen molar-refractivity contribution in [2.45, 2.75) is 25.9 Å². The largest absolute Gasteiger partial charge is 0.456 e. The summed E-state index contributed by atoms with van der Waals surface area (Å²) in [6.45, 7) is 2.51. The Morgan fingerprint density at radius 3 is 2.03 bits per heavy atom. The van der Waals surface area contributed by atoms with Crippen molar-refractivity contribution in [3.63, 3.8) is 0 Å². The van der Waals surface area contributed by atoms with Crippen molar-refractivity contribution in [3.8, 4) is 23.0 Å². The molecule has 1 spiro atoms. The molecule has 1 unspecified atom stereocenters. The van der Waals surface area contributed by atoms with Gasteiger partial charge in [-0.25, -0.2) is 0 Å². The van der Waals surface area contributed by atoms with Gasteiger partial charge in [-0.3, -0.25) is 14.4 Å². The van der Waals surface area contributed by atoms with E-state index >= 15 is 0 Å². The summed E-state index contributed by atoms with van der Waals surface area (Å²) in [4.78, 5) is 36.0. The number of fused-ring (bicyclic) bond motifs is 6. The lowest BCUT2D eigenvalue weighted by Crippen LogP contribution is -2.33. The van der Waals surface area contributed by atoms with Gasteiger partial charge in [0.05, 0.1) is 16.0 Å². The SMILES string of the molecule is CC(=O)Oc1cc2c(cc1Cl)C1(OC(=O)C3CC=CC=C31)c1cc(Cl)c(OC(C)=O)cc1O2. The van der Waals surface area contributed by atoms with Gasteiger partial charge in [0.25, 0.3) is 0 Å². The van der Waals surface area contributed by atoms with Crippen LogP contribution < -0.4 is 14.2 Å². The first-order valence-corrected chi connectivity index (χ1v) is 10.8. The van der Waals surface area contributed by atoms with E-state index in [0.29, 0.717) is 23.1 Å². The average molecular weight is 487 g/mol. The molecule has 2 aromatic rings. The molecule has 0 aromatic heterocycles. The summed E-state index contributed by atoms with van der Waals surface area (Å²) in [6, 6.07) is 6.04. The van der Waals surface area contributed by atoms with Gasteiger partial charge in [0, 0.05) is 37.1 Å². The number of esters is 3. The Hall–Kier alpha value is -3.29. The molecule has 1 atom stereocenters. The normalized spacial score (nSPS) is 19.0. The number of benzene rings is 2. The van der Waals surface area contributed by atoms with E-state index in [1.807, 2.05) is 18.2 Å². The number of hydrogen-bond acceptors (Lipinski definition) is 7. The van der Waals surface area contributed by atoms with Crippen LogP contribution in [0.1, 0.15) is 31.4 Å². The third-order valence-electron chi connectivity index (χ3n) is 5.66. The Balaban J connectivity index is 1.80. The minimum Gasteiger partial charge on any atom is -0.456 e. The summed E-state index contributed by atoms with van der Waals surface area (Å²) >= 11 is 12.9. The van der Waals surface area contributed by atoms with E-state index < -0.39 is 29.4 Å². The smallest absolute Gasteiger partial charge is 0.315 e. The molecule has 1 aliphatic carbocycles. The molecule has 3 aliphatic rings. The maximum absolute atomic E-state index is 13.0. The first kappa shape index (κ1) is 21.6. The van der Waals surface area contributed by atoms with E-state index in [1.165, 1.54) is 26.0 Å². The maximum Gasteiger partial charge on any atom is 0.315 e. The Kier molecular flexibility index (Phi) is 4.99. The number of carbonyl (C=O) groups is 3. The van der Waals surface area contributed by atoms with Gasteiger partial charge < -0.3 is 18.9 Å². The molecule has 1 saturated heterocycles. The molecule has 33 heavy (non-hydrogen) atoms. The lowest BCUT2D eigenvalue weighted by atomic mass is 9.73. The van der Waals surface area contributed by atoms with E-state index in [9.17, 15) is 14.4 Å². The van der Waals surface area contributed by atoms with Gasteiger partial charge in [0.1, 0.15) is 11.5 Å². The molecular formula is C24H16Cl2O7. The Bertz CT molecular complexity index is 1240. The quantitative estimate of drug-likeness (QED) is 0.422. The van der Waals surface area contributed by atoms with Crippen LogP contribution in [0.15, 0.2) is 48.1 Å². The van der Waals surface area contributed by atoms with Gasteiger partial charge in [0.15, 0.2) is 17.1 Å². The average Bonchev–Trinajstić information content (AvgIpc) is 3.04. The van der Waals surface area contributed by atoms with Crippen LogP contribution in [0.3, 0.4) is 0 Å². The number of rotatable bonds is 2. The topological polar surface area (TPSA) is 88.1 Å². The molecule has 5 rings (SSSR count). The third kappa shape index (κ3) is 3.31. The van der Waals surface area contributed by atoms with Crippen LogP contribution in [0.5, 0.6) is 23.0 Å². The molecule has 1 fully saturated rings. The summed E-state index contributed by atoms with van der Waals surface area (Å²) in [5, 5.41) is 0.286. The van der Waals surface area contributed by atoms with Gasteiger partial charge in [-0.1, -0.05) is 41.4 Å². The van der Waals surface area contributed by atoms with E-state index in [-0.39, 0.29) is 33.0 Å². The summed E-state index contributed by atoms with van der Waals surface area (Å²) in [5.74, 6) is -1.29. The molecule has 0 bridgehead atoms. The monoisotopic (exact) mass is 486 g/mol. The Labute approximate surface area is 198 Å². The zero-order chi connectivity index (χ0) is 23.5. The van der Waals surface area contributed by atoms with Crippen LogP contribution in [-0.2, 0) is 24.7 Å². The van der Waals surface area contributed by atoms with Gasteiger partial charge >= 0.3 is 17.9 Å². The second kappa shape index (κ2) is 7.64. The number of allylic oxidation sites excluding steroid dienone is 3. The van der Waals surface area contributed by atoms with E-state index in [2.05, 4.69) is 0 Å². The van der Waals surface area contributed by atoms with Crippen molar-refractivity contribution < 1.29 is 33.3 Å². The lowest BCUT2D eigenvalue weighted by molar-refractivity contribution is -0.148. The van der Waals surface area contributed by atoms with E-state index in [4.69, 9.17) is 42.1 Å². The molecule has 7 nitrogen and oxygen atoms in total. The number of hydrogen-bond donors (Lipinski definition) is 0. The zero-order valence-corrected chi connectivity index (χ0v) is 19.0. The van der Waals surface area contributed by atoms with Gasteiger partial charge in [-0.05, 0) is 24.1 Å². The van der Waals surface area contributed by atoms with Crippen LogP contribution in [0.25, 0.3) is 0 Å². The first-order valence-electron chi connectivity index (χ1n) is 10.0. The third-order valence-corrected chi connectivity index (χ3v) is 6.25. The van der Waals surface area contributed by atoms with Gasteiger partial charge in [-0.15, -0.1) is 0 Å². The fraction of sp³-hybridized carbons (Fsp3) is 0.208. The predicted octanol–water partition coefficient (Wildman–Crippen LogP) is 5.25. The molecule has 9 heteroatoms. The summed E-state index contributed by atoms with van der Waals surface area (Å²) in [5.41, 5.74) is 0.259. The standard InChI is InChI=1S/C24H16Cl2O7/c1-11(27)30-21-9-19-15(7-17(21)25)24(14-6-4-3-5-13(14)23(29)33-24)16-8-18(26)22(31-12(2)28)10-20(16)32-19/h3-4,6-10,13H,5H2,1-2H3. The lowest BCUT2D eigenvalue weighted by Gasteiger charge is -2.38. The van der Waals surface area contributed by atoms with Crippen LogP contribution in [-0.4, -0.2) is 17.9 Å². The second-order valence-corrected chi connectivity index (χ2v) is 8.60. The van der Waals surface area contributed by atoms with E-state index in [0.717, 1.165) is 0 Å². The summed E-state index contributed by atoms with van der Waals surface area (Å²) in [7, 11) is 0. The van der Waals surface area contributed by atoms with Crippen LogP contribution in [0.2, 0.25) is 10.0 Å². The van der Waals surface area contributed by atoms with Crippen molar-refractivity contribution in [1.29, 1.82) is 0 Å². The van der Waals surface area contributed by atoms with Crippen molar-refractivity contribution >= 4 is 41.1 Å². The van der Waals surface area contributed by atoms with E-state index in [1.54, 1.807) is 12.1 Å². The van der Waals surface area contributed by atoms with Crippen LogP contribution in [0.4, 0.5) is 0 Å². The molecular weight excluding hydrogens is 471 g/mol. The molecule has 0 N–H and O–H groups in total. The molecule has 0 radical (unpaired) electrons. The summed E-state index contributed by atoms with van der Waals surface area (Å²) in [6.07, 6.45) is 6.06. The highest BCUT2D eigenvalue weighted by atomic mass is 35.5. The Morgan fingerprint density at radius 1 is 0.970 bits per heavy atom. The molecule has 0 amide bonds. The van der Waals surface area contributed by atoms with Crippen molar-refractivity contribution in [3.05, 3.63) is 69.2 Å². The molecule has 2 aliphatic heterocycles. The van der Waals surface area contributed by atoms with Crippen molar-refractivity contribution in [1.82, 2.24) is 0 Å². The van der Waals surface area contributed by atoms with Gasteiger partial charge in [-0.2, -0.15) is 0 Å². The summed E-state index contributed by atoms with van der Waals surface area (Å²) < 4.78 is 22.6. The second-order valence-electron chi connectivity index (χ2n) is 7.79. The van der Waals surface area contributed by atoms with Crippen LogP contribution in [0, 0.1) is 5.92 Å². The fourth-order valence-electron chi connectivity index (χ4n) is 4.44. The minimum atomic E-state index is -1.37. The van der Waals surface area contributed by atoms with Gasteiger partial charge in [0.2, 0.25) is 0 Å².